The molecule has 0 unspecified atom stereocenters. The van der Waals surface area contributed by atoms with Crippen molar-refractivity contribution in [1.29, 1.82) is 0 Å². The molecule has 160 valence electrons. The van der Waals surface area contributed by atoms with Gasteiger partial charge >= 0.3 is 0 Å². The number of halogens is 1. The van der Waals surface area contributed by atoms with Crippen molar-refractivity contribution in [2.24, 2.45) is 0 Å². The lowest BCUT2D eigenvalue weighted by Gasteiger charge is -2.16. The van der Waals surface area contributed by atoms with Crippen LogP contribution in [0.4, 0.5) is 15.8 Å². The first-order valence-electron chi connectivity index (χ1n) is 10.6. The van der Waals surface area contributed by atoms with Gasteiger partial charge in [0, 0.05) is 35.9 Å². The summed E-state index contributed by atoms with van der Waals surface area (Å²) in [5, 5.41) is 9.50. The number of pyridine rings is 1. The average Bonchev–Trinajstić information content (AvgIpc) is 3.58. The van der Waals surface area contributed by atoms with E-state index in [4.69, 9.17) is 0 Å². The number of unbranched alkanes of at least 4 members (excludes halogenated alkanes) is 1. The van der Waals surface area contributed by atoms with Crippen LogP contribution >= 0.6 is 0 Å². The molecule has 7 heteroatoms. The second-order valence-electron chi connectivity index (χ2n) is 7.74. The molecule has 0 saturated heterocycles. The third kappa shape index (κ3) is 4.82. The van der Waals surface area contributed by atoms with Crippen LogP contribution in [-0.2, 0) is 0 Å². The first-order chi connectivity index (χ1) is 15.1. The number of carbonyl (C=O) groups is 2. The standard InChI is InChI=1S/C24H25FN4O2/c1-2-3-11-26-23(30)17-12-18-21(13-20(17)25)27-14-19(24(31)29-16-9-10-16)22(18)28-15-7-5-4-6-8-15/h4-8,12-14,16H,2-3,9-11H2,1H3,(H,26,30)(H,27,28)(H,29,31). The van der Waals surface area contributed by atoms with Gasteiger partial charge < -0.3 is 16.0 Å². The van der Waals surface area contributed by atoms with Crippen LogP contribution in [0, 0.1) is 5.82 Å². The zero-order chi connectivity index (χ0) is 21.8. The van der Waals surface area contributed by atoms with E-state index in [2.05, 4.69) is 20.9 Å². The van der Waals surface area contributed by atoms with Crippen LogP contribution in [0.15, 0.2) is 48.7 Å². The highest BCUT2D eigenvalue weighted by atomic mass is 19.1. The van der Waals surface area contributed by atoms with Crippen LogP contribution in [0.1, 0.15) is 53.3 Å². The van der Waals surface area contributed by atoms with Crippen molar-refractivity contribution < 1.29 is 14.0 Å². The summed E-state index contributed by atoms with van der Waals surface area (Å²) in [4.78, 5) is 29.7. The molecular weight excluding hydrogens is 395 g/mol. The quantitative estimate of drug-likeness (QED) is 0.467. The number of hydrogen-bond acceptors (Lipinski definition) is 4. The van der Waals surface area contributed by atoms with E-state index in [-0.39, 0.29) is 17.5 Å². The first kappa shape index (κ1) is 20.8. The van der Waals surface area contributed by atoms with Crippen molar-refractivity contribution in [2.45, 2.75) is 38.6 Å². The Hall–Kier alpha value is -3.48. The SMILES string of the molecule is CCCCNC(=O)c1cc2c(Nc3ccccc3)c(C(=O)NC3CC3)cnc2cc1F. The minimum Gasteiger partial charge on any atom is -0.354 e. The predicted octanol–water partition coefficient (Wildman–Crippen LogP) is 4.54. The van der Waals surface area contributed by atoms with E-state index < -0.39 is 11.7 Å². The molecule has 6 nitrogen and oxygen atoms in total. The number of aromatic nitrogens is 1. The molecule has 3 N–H and O–H groups in total. The zero-order valence-electron chi connectivity index (χ0n) is 17.4. The van der Waals surface area contributed by atoms with E-state index in [1.54, 1.807) is 0 Å². The van der Waals surface area contributed by atoms with Gasteiger partial charge in [0.2, 0.25) is 0 Å². The van der Waals surface area contributed by atoms with Crippen LogP contribution in [0.3, 0.4) is 0 Å². The van der Waals surface area contributed by atoms with Crippen LogP contribution in [0.5, 0.6) is 0 Å². The fraction of sp³-hybridized carbons (Fsp3) is 0.292. The monoisotopic (exact) mass is 420 g/mol. The Morgan fingerprint density at radius 2 is 1.87 bits per heavy atom. The van der Waals surface area contributed by atoms with Gasteiger partial charge in [-0.3, -0.25) is 14.6 Å². The highest BCUT2D eigenvalue weighted by Crippen LogP contribution is 2.32. The van der Waals surface area contributed by atoms with E-state index >= 15 is 0 Å². The van der Waals surface area contributed by atoms with Crippen molar-refractivity contribution in [3.8, 4) is 0 Å². The van der Waals surface area contributed by atoms with Gasteiger partial charge in [-0.05, 0) is 37.5 Å². The van der Waals surface area contributed by atoms with Crippen LogP contribution in [-0.4, -0.2) is 29.4 Å². The zero-order valence-corrected chi connectivity index (χ0v) is 17.4. The highest BCUT2D eigenvalue weighted by molar-refractivity contribution is 6.10. The number of anilines is 2. The Labute approximate surface area is 180 Å². The second-order valence-corrected chi connectivity index (χ2v) is 7.74. The highest BCUT2D eigenvalue weighted by Gasteiger charge is 2.26. The summed E-state index contributed by atoms with van der Waals surface area (Å²) in [6.07, 6.45) is 5.11. The van der Waals surface area contributed by atoms with Gasteiger partial charge in [0.05, 0.1) is 22.3 Å². The van der Waals surface area contributed by atoms with Gasteiger partial charge in [0.15, 0.2) is 0 Å². The molecule has 1 fully saturated rings. The summed E-state index contributed by atoms with van der Waals surface area (Å²) in [6.45, 7) is 2.49. The maximum atomic E-state index is 14.7. The van der Waals surface area contributed by atoms with Gasteiger partial charge in [-0.1, -0.05) is 31.5 Å². The van der Waals surface area contributed by atoms with Crippen molar-refractivity contribution in [1.82, 2.24) is 15.6 Å². The largest absolute Gasteiger partial charge is 0.354 e. The van der Waals surface area contributed by atoms with Gasteiger partial charge in [-0.15, -0.1) is 0 Å². The molecule has 1 aliphatic carbocycles. The smallest absolute Gasteiger partial charge is 0.255 e. The van der Waals surface area contributed by atoms with Gasteiger partial charge in [-0.2, -0.15) is 0 Å². The topological polar surface area (TPSA) is 83.1 Å². The molecule has 2 aromatic carbocycles. The molecular formula is C24H25FN4O2. The molecule has 1 heterocycles. The maximum Gasteiger partial charge on any atom is 0.255 e. The molecule has 0 aliphatic heterocycles. The van der Waals surface area contributed by atoms with Gasteiger partial charge in [0.25, 0.3) is 11.8 Å². The van der Waals surface area contributed by atoms with Crippen molar-refractivity contribution in [2.75, 3.05) is 11.9 Å². The number of para-hydroxylation sites is 1. The number of amides is 2. The number of nitrogens with zero attached hydrogens (tertiary/aromatic N) is 1. The number of rotatable bonds is 8. The molecule has 4 rings (SSSR count). The van der Waals surface area contributed by atoms with E-state index in [1.807, 2.05) is 37.3 Å². The van der Waals surface area contributed by atoms with E-state index in [0.29, 0.717) is 28.7 Å². The van der Waals surface area contributed by atoms with E-state index in [9.17, 15) is 14.0 Å². The normalized spacial score (nSPS) is 13.1. The van der Waals surface area contributed by atoms with Crippen molar-refractivity contribution in [3.63, 3.8) is 0 Å². The number of nitrogens with one attached hydrogen (secondary N) is 3. The maximum absolute atomic E-state index is 14.7. The Bertz CT molecular complexity index is 1110. The molecule has 31 heavy (non-hydrogen) atoms. The minimum atomic E-state index is -0.644. The second kappa shape index (κ2) is 9.12. The van der Waals surface area contributed by atoms with Crippen LogP contribution in [0.2, 0.25) is 0 Å². The van der Waals surface area contributed by atoms with Crippen LogP contribution < -0.4 is 16.0 Å². The summed E-state index contributed by atoms with van der Waals surface area (Å²) >= 11 is 0. The Morgan fingerprint density at radius 1 is 1.10 bits per heavy atom. The third-order valence-corrected chi connectivity index (χ3v) is 5.22. The Balaban J connectivity index is 1.79. The van der Waals surface area contributed by atoms with E-state index in [1.165, 1.54) is 18.3 Å². The molecule has 2 amide bonds. The predicted molar refractivity (Wildman–Crippen MR) is 119 cm³/mol. The molecule has 1 aliphatic rings. The number of fused-ring (bicyclic) bond motifs is 1. The summed E-state index contributed by atoms with van der Waals surface area (Å²) in [5.41, 5.74) is 1.92. The lowest BCUT2D eigenvalue weighted by molar-refractivity contribution is 0.0942. The molecule has 0 atom stereocenters. The van der Waals surface area contributed by atoms with Crippen molar-refractivity contribution >= 4 is 34.1 Å². The molecule has 1 saturated carbocycles. The molecule has 1 aromatic heterocycles. The fourth-order valence-electron chi connectivity index (χ4n) is 3.32. The molecule has 0 bridgehead atoms. The molecule has 3 aromatic rings. The molecule has 0 radical (unpaired) electrons. The van der Waals surface area contributed by atoms with Gasteiger partial charge in [-0.25, -0.2) is 4.39 Å². The lowest BCUT2D eigenvalue weighted by Crippen LogP contribution is -2.26. The number of hydrogen-bond donors (Lipinski definition) is 3. The fourth-order valence-corrected chi connectivity index (χ4v) is 3.32. The number of carbonyl (C=O) groups excluding carboxylic acids is 2. The summed E-state index contributed by atoms with van der Waals surface area (Å²) in [7, 11) is 0. The van der Waals surface area contributed by atoms with Crippen LogP contribution in [0.25, 0.3) is 10.9 Å². The summed E-state index contributed by atoms with van der Waals surface area (Å²) in [5.74, 6) is -1.37. The average molecular weight is 420 g/mol. The lowest BCUT2D eigenvalue weighted by atomic mass is 10.0. The number of benzene rings is 2. The third-order valence-electron chi connectivity index (χ3n) is 5.22. The molecule has 0 spiro atoms. The summed E-state index contributed by atoms with van der Waals surface area (Å²) in [6, 6.07) is 12.3. The van der Waals surface area contributed by atoms with E-state index in [0.717, 1.165) is 31.4 Å². The first-order valence-corrected chi connectivity index (χ1v) is 10.6. The Kier molecular flexibility index (Phi) is 6.11. The van der Waals surface area contributed by atoms with Crippen molar-refractivity contribution in [3.05, 3.63) is 65.6 Å². The summed E-state index contributed by atoms with van der Waals surface area (Å²) < 4.78 is 14.7. The van der Waals surface area contributed by atoms with Gasteiger partial charge in [0.1, 0.15) is 5.82 Å². The minimum absolute atomic E-state index is 0.0683. The Morgan fingerprint density at radius 3 is 2.58 bits per heavy atom.